The summed E-state index contributed by atoms with van der Waals surface area (Å²) in [4.78, 5) is 29.8. The summed E-state index contributed by atoms with van der Waals surface area (Å²) >= 11 is 0. The maximum absolute atomic E-state index is 13.2. The molecule has 0 aliphatic carbocycles. The summed E-state index contributed by atoms with van der Waals surface area (Å²) in [6, 6.07) is 6.77. The second-order valence-electron chi connectivity index (χ2n) is 9.95. The molecule has 1 saturated heterocycles. The van der Waals surface area contributed by atoms with Crippen molar-refractivity contribution in [3.63, 3.8) is 0 Å². The monoisotopic (exact) mass is 558 g/mol. The van der Waals surface area contributed by atoms with Gasteiger partial charge < -0.3 is 39.0 Å². The molecule has 0 unspecified atom stereocenters. The van der Waals surface area contributed by atoms with Crippen LogP contribution in [-0.2, 0) is 18.9 Å². The van der Waals surface area contributed by atoms with Crippen molar-refractivity contribution in [2.45, 2.75) is 27.7 Å². The standard InChI is InChI=1S/C30H42N2O8/c1-21-17-25(18-22(2)27(21)33)29(35)31-5-9-37-13-15-39-11-7-32(8-12-40-16-14-38-10-6-31)30(36)26-19-23(3)28(34)24(4)20-26/h17-20,33-34H,5-16H2,1-4H3. The van der Waals surface area contributed by atoms with Crippen LogP contribution in [0.3, 0.4) is 0 Å². The van der Waals surface area contributed by atoms with E-state index in [0.29, 0.717) is 112 Å². The quantitative estimate of drug-likeness (QED) is 0.578. The molecule has 1 heterocycles. The number of phenolic OH excluding ortho intramolecular Hbond substituents is 2. The summed E-state index contributed by atoms with van der Waals surface area (Å²) in [5.41, 5.74) is 3.64. The highest BCUT2D eigenvalue weighted by atomic mass is 16.5. The Morgan fingerprint density at radius 1 is 0.525 bits per heavy atom. The minimum Gasteiger partial charge on any atom is -0.507 e. The van der Waals surface area contributed by atoms with Gasteiger partial charge in [0.05, 0.1) is 52.9 Å². The fourth-order valence-electron chi connectivity index (χ4n) is 4.50. The lowest BCUT2D eigenvalue weighted by atomic mass is 10.0. The lowest BCUT2D eigenvalue weighted by Crippen LogP contribution is -2.38. The molecule has 2 aromatic rings. The van der Waals surface area contributed by atoms with E-state index in [2.05, 4.69) is 0 Å². The first-order valence-corrected chi connectivity index (χ1v) is 13.7. The van der Waals surface area contributed by atoms with E-state index >= 15 is 0 Å². The Hall–Kier alpha value is -3.18. The Kier molecular flexibility index (Phi) is 12.2. The molecular weight excluding hydrogens is 516 g/mol. The Balaban J connectivity index is 1.57. The van der Waals surface area contributed by atoms with Gasteiger partial charge >= 0.3 is 0 Å². The van der Waals surface area contributed by atoms with Crippen molar-refractivity contribution in [1.29, 1.82) is 0 Å². The highest BCUT2D eigenvalue weighted by molar-refractivity contribution is 5.95. The van der Waals surface area contributed by atoms with Crippen molar-refractivity contribution in [3.8, 4) is 11.5 Å². The first-order chi connectivity index (χ1) is 19.2. The smallest absolute Gasteiger partial charge is 0.254 e. The predicted molar refractivity (Wildman–Crippen MR) is 150 cm³/mol. The number of hydrogen-bond acceptors (Lipinski definition) is 8. The SMILES string of the molecule is Cc1cc(C(=O)N2CCOCCOCCN(C(=O)c3cc(C)c(O)c(C)c3)CCOCCOCC2)cc(C)c1O. The van der Waals surface area contributed by atoms with Crippen LogP contribution in [0.4, 0.5) is 0 Å². The van der Waals surface area contributed by atoms with Gasteiger partial charge in [0.25, 0.3) is 11.8 Å². The van der Waals surface area contributed by atoms with Crippen LogP contribution in [0.25, 0.3) is 0 Å². The van der Waals surface area contributed by atoms with Gasteiger partial charge in [-0.1, -0.05) is 0 Å². The Morgan fingerprint density at radius 2 is 0.775 bits per heavy atom. The molecule has 2 N–H and O–H groups in total. The minimum absolute atomic E-state index is 0.149. The number of aromatic hydroxyl groups is 2. The van der Waals surface area contributed by atoms with E-state index in [4.69, 9.17) is 18.9 Å². The van der Waals surface area contributed by atoms with Crippen LogP contribution in [0.5, 0.6) is 11.5 Å². The molecule has 0 radical (unpaired) electrons. The first-order valence-electron chi connectivity index (χ1n) is 13.7. The molecule has 10 nitrogen and oxygen atoms in total. The molecule has 2 aromatic carbocycles. The van der Waals surface area contributed by atoms with Gasteiger partial charge in [-0.3, -0.25) is 9.59 Å². The topological polar surface area (TPSA) is 118 Å². The number of carbonyl (C=O) groups is 2. The summed E-state index contributed by atoms with van der Waals surface area (Å²) in [6.07, 6.45) is 0. The second kappa shape index (κ2) is 15.6. The summed E-state index contributed by atoms with van der Waals surface area (Å²) in [7, 11) is 0. The summed E-state index contributed by atoms with van der Waals surface area (Å²) in [5, 5.41) is 20.1. The predicted octanol–water partition coefficient (Wildman–Crippen LogP) is 3.00. The molecule has 220 valence electrons. The number of hydrogen-bond donors (Lipinski definition) is 2. The Bertz CT molecular complexity index is 997. The number of aryl methyl sites for hydroxylation is 4. The van der Waals surface area contributed by atoms with Gasteiger partial charge in [-0.05, 0) is 74.2 Å². The molecule has 0 saturated carbocycles. The van der Waals surface area contributed by atoms with E-state index in [-0.39, 0.29) is 23.3 Å². The largest absolute Gasteiger partial charge is 0.507 e. The van der Waals surface area contributed by atoms with Crippen LogP contribution in [0.1, 0.15) is 43.0 Å². The molecule has 0 spiro atoms. The van der Waals surface area contributed by atoms with E-state index in [1.54, 1.807) is 61.8 Å². The van der Waals surface area contributed by atoms with Gasteiger partial charge in [0, 0.05) is 37.3 Å². The molecule has 0 atom stereocenters. The molecule has 3 rings (SSSR count). The van der Waals surface area contributed by atoms with Crippen molar-refractivity contribution >= 4 is 11.8 Å². The van der Waals surface area contributed by atoms with Crippen molar-refractivity contribution in [2.24, 2.45) is 0 Å². The molecule has 40 heavy (non-hydrogen) atoms. The Morgan fingerprint density at radius 3 is 1.02 bits per heavy atom. The highest BCUT2D eigenvalue weighted by Crippen LogP contribution is 2.24. The average molecular weight is 559 g/mol. The molecule has 2 amide bonds. The van der Waals surface area contributed by atoms with E-state index in [1.165, 1.54) is 0 Å². The normalized spacial score (nSPS) is 17.2. The van der Waals surface area contributed by atoms with Crippen LogP contribution < -0.4 is 0 Å². The number of phenols is 2. The fourth-order valence-corrected chi connectivity index (χ4v) is 4.50. The molecule has 0 bridgehead atoms. The summed E-state index contributed by atoms with van der Waals surface area (Å²) in [5.74, 6) is 0.0927. The van der Waals surface area contributed by atoms with E-state index in [1.807, 2.05) is 0 Å². The average Bonchev–Trinajstić information content (AvgIpc) is 2.93. The zero-order valence-corrected chi connectivity index (χ0v) is 24.0. The third-order valence-corrected chi connectivity index (χ3v) is 6.82. The highest BCUT2D eigenvalue weighted by Gasteiger charge is 2.19. The van der Waals surface area contributed by atoms with Crippen LogP contribution in [0, 0.1) is 27.7 Å². The number of ether oxygens (including phenoxy) is 4. The molecule has 1 fully saturated rings. The minimum atomic E-state index is -0.149. The number of nitrogens with zero attached hydrogens (tertiary/aromatic N) is 2. The molecular formula is C30H42N2O8. The maximum Gasteiger partial charge on any atom is 0.254 e. The van der Waals surface area contributed by atoms with E-state index < -0.39 is 0 Å². The third kappa shape index (κ3) is 8.92. The molecule has 1 aliphatic rings. The van der Waals surface area contributed by atoms with E-state index in [0.717, 1.165) is 0 Å². The molecule has 1 aliphatic heterocycles. The van der Waals surface area contributed by atoms with Crippen molar-refractivity contribution < 1.29 is 38.7 Å². The molecule has 0 aromatic heterocycles. The maximum atomic E-state index is 13.2. The second-order valence-corrected chi connectivity index (χ2v) is 9.95. The summed E-state index contributed by atoms with van der Waals surface area (Å²) < 4.78 is 22.9. The van der Waals surface area contributed by atoms with E-state index in [9.17, 15) is 19.8 Å². The van der Waals surface area contributed by atoms with Gasteiger partial charge in [-0.2, -0.15) is 0 Å². The van der Waals surface area contributed by atoms with Crippen LogP contribution >= 0.6 is 0 Å². The number of amides is 2. The van der Waals surface area contributed by atoms with Crippen molar-refractivity contribution in [2.75, 3.05) is 79.0 Å². The fraction of sp³-hybridized carbons (Fsp3) is 0.533. The van der Waals surface area contributed by atoms with Crippen LogP contribution in [0.2, 0.25) is 0 Å². The van der Waals surface area contributed by atoms with Gasteiger partial charge in [0.1, 0.15) is 11.5 Å². The van der Waals surface area contributed by atoms with Crippen molar-refractivity contribution in [1.82, 2.24) is 9.80 Å². The van der Waals surface area contributed by atoms with Gasteiger partial charge in [0.2, 0.25) is 0 Å². The number of benzene rings is 2. The zero-order valence-electron chi connectivity index (χ0n) is 24.0. The van der Waals surface area contributed by atoms with Gasteiger partial charge in [0.15, 0.2) is 0 Å². The molecule has 10 heteroatoms. The van der Waals surface area contributed by atoms with Gasteiger partial charge in [-0.25, -0.2) is 0 Å². The first kappa shape index (κ1) is 31.3. The zero-order chi connectivity index (χ0) is 29.1. The van der Waals surface area contributed by atoms with Crippen molar-refractivity contribution in [3.05, 3.63) is 57.6 Å². The van der Waals surface area contributed by atoms with Crippen LogP contribution in [-0.4, -0.2) is 111 Å². The van der Waals surface area contributed by atoms with Gasteiger partial charge in [-0.15, -0.1) is 0 Å². The lowest BCUT2D eigenvalue weighted by Gasteiger charge is -2.24. The Labute approximate surface area is 236 Å². The lowest BCUT2D eigenvalue weighted by molar-refractivity contribution is 0.00888. The number of carbonyl (C=O) groups excluding carboxylic acids is 2. The summed E-state index contributed by atoms with van der Waals surface area (Å²) in [6.45, 7) is 11.3. The third-order valence-electron chi connectivity index (χ3n) is 6.82. The van der Waals surface area contributed by atoms with Crippen LogP contribution in [0.15, 0.2) is 24.3 Å². The number of rotatable bonds is 2.